The number of hydrogen-bond donors (Lipinski definition) is 2. The third-order valence-corrected chi connectivity index (χ3v) is 4.12. The summed E-state index contributed by atoms with van der Waals surface area (Å²) in [4.78, 5) is 4.32. The zero-order valence-corrected chi connectivity index (χ0v) is 16.8. The second-order valence-corrected chi connectivity index (χ2v) is 6.78. The number of para-hydroxylation sites is 1. The maximum atomic E-state index is 6.06. The highest BCUT2D eigenvalue weighted by Crippen LogP contribution is 2.39. The molecule has 1 unspecified atom stereocenters. The average Bonchev–Trinajstić information content (AvgIpc) is 2.45. The molecule has 0 spiro atoms. The van der Waals surface area contributed by atoms with Gasteiger partial charge in [0.2, 0.25) is 0 Å². The Morgan fingerprint density at radius 3 is 2.82 bits per heavy atom. The normalized spacial score (nSPS) is 19.5. The van der Waals surface area contributed by atoms with Gasteiger partial charge >= 0.3 is 0 Å². The molecule has 6 heteroatoms. The third-order valence-electron chi connectivity index (χ3n) is 3.51. The van der Waals surface area contributed by atoms with E-state index in [-0.39, 0.29) is 35.6 Å². The highest BCUT2D eigenvalue weighted by molar-refractivity contribution is 14.0. The van der Waals surface area contributed by atoms with E-state index in [4.69, 9.17) is 4.74 Å². The predicted molar refractivity (Wildman–Crippen MR) is 107 cm³/mol. The minimum atomic E-state index is -0.176. The van der Waals surface area contributed by atoms with Crippen molar-refractivity contribution in [2.45, 2.75) is 31.9 Å². The summed E-state index contributed by atoms with van der Waals surface area (Å²) in [5.74, 6) is 2.88. The summed E-state index contributed by atoms with van der Waals surface area (Å²) >= 11 is 1.82. The molecule has 0 radical (unpaired) electrons. The zero-order valence-electron chi connectivity index (χ0n) is 13.7. The van der Waals surface area contributed by atoms with Crippen LogP contribution in [0.5, 0.6) is 5.75 Å². The van der Waals surface area contributed by atoms with E-state index in [2.05, 4.69) is 47.9 Å². The van der Waals surface area contributed by atoms with Crippen LogP contribution in [0.1, 0.15) is 31.9 Å². The summed E-state index contributed by atoms with van der Waals surface area (Å²) in [7, 11) is 1.81. The van der Waals surface area contributed by atoms with Gasteiger partial charge in [-0.2, -0.15) is 11.8 Å². The van der Waals surface area contributed by atoms with Gasteiger partial charge < -0.3 is 15.4 Å². The van der Waals surface area contributed by atoms with Crippen LogP contribution >= 0.6 is 35.7 Å². The van der Waals surface area contributed by atoms with Crippen molar-refractivity contribution in [2.75, 3.05) is 25.6 Å². The maximum absolute atomic E-state index is 6.06. The Labute approximate surface area is 154 Å². The molecule has 2 rings (SSSR count). The number of fused-ring (bicyclic) bond motifs is 1. The minimum Gasteiger partial charge on any atom is -0.487 e. The van der Waals surface area contributed by atoms with Crippen LogP contribution < -0.4 is 15.4 Å². The molecule has 0 amide bonds. The summed E-state index contributed by atoms with van der Waals surface area (Å²) in [6.07, 6.45) is 3.02. The first-order valence-corrected chi connectivity index (χ1v) is 8.69. The Hall–Kier alpha value is -0.630. The van der Waals surface area contributed by atoms with E-state index >= 15 is 0 Å². The Balaban J connectivity index is 0.00000242. The average molecular weight is 435 g/mol. The lowest BCUT2D eigenvalue weighted by Crippen LogP contribution is -2.45. The smallest absolute Gasteiger partial charge is 0.191 e. The number of benzene rings is 1. The van der Waals surface area contributed by atoms with Crippen molar-refractivity contribution in [1.82, 2.24) is 10.6 Å². The standard InChI is InChI=1S/C16H25N3OS.HI/c1-16(2)11-13(12-7-5-6-8-14(12)20-16)19-15(17-3)18-9-10-21-4;/h5-8,13H,9-11H2,1-4H3,(H2,17,18,19);1H. The molecule has 0 aliphatic carbocycles. The molecule has 0 saturated heterocycles. The molecule has 0 saturated carbocycles. The molecule has 0 bridgehead atoms. The molecule has 0 fully saturated rings. The number of rotatable bonds is 4. The fourth-order valence-electron chi connectivity index (χ4n) is 2.56. The molecule has 22 heavy (non-hydrogen) atoms. The maximum Gasteiger partial charge on any atom is 0.191 e. The van der Waals surface area contributed by atoms with Crippen LogP contribution in [-0.2, 0) is 0 Å². The monoisotopic (exact) mass is 435 g/mol. The molecular formula is C16H26IN3OS. The highest BCUT2D eigenvalue weighted by atomic mass is 127. The van der Waals surface area contributed by atoms with Crippen LogP contribution in [0.2, 0.25) is 0 Å². The second kappa shape index (κ2) is 8.86. The first-order valence-electron chi connectivity index (χ1n) is 7.30. The first-order chi connectivity index (χ1) is 10.1. The van der Waals surface area contributed by atoms with Gasteiger partial charge in [-0.1, -0.05) is 18.2 Å². The molecule has 1 aliphatic rings. The van der Waals surface area contributed by atoms with Crippen LogP contribution in [0.4, 0.5) is 0 Å². The van der Waals surface area contributed by atoms with E-state index in [1.807, 2.05) is 30.9 Å². The van der Waals surface area contributed by atoms with Gasteiger partial charge in [0, 0.05) is 31.3 Å². The van der Waals surface area contributed by atoms with E-state index < -0.39 is 0 Å². The van der Waals surface area contributed by atoms with Gasteiger partial charge in [0.25, 0.3) is 0 Å². The molecule has 0 aromatic heterocycles. The number of guanidine groups is 1. The number of hydrogen-bond acceptors (Lipinski definition) is 3. The Kier molecular flexibility index (Phi) is 7.82. The van der Waals surface area contributed by atoms with Crippen LogP contribution in [0.25, 0.3) is 0 Å². The number of thioether (sulfide) groups is 1. The lowest BCUT2D eigenvalue weighted by molar-refractivity contribution is 0.0694. The predicted octanol–water partition coefficient (Wildman–Crippen LogP) is 3.43. The van der Waals surface area contributed by atoms with Crippen molar-refractivity contribution >= 4 is 41.7 Å². The van der Waals surface area contributed by atoms with Gasteiger partial charge in [0.1, 0.15) is 11.4 Å². The van der Waals surface area contributed by atoms with Crippen LogP contribution in [-0.4, -0.2) is 37.2 Å². The molecule has 1 heterocycles. The molecule has 4 nitrogen and oxygen atoms in total. The Morgan fingerprint density at radius 1 is 1.41 bits per heavy atom. The summed E-state index contributed by atoms with van der Waals surface area (Å²) in [6, 6.07) is 8.44. The van der Waals surface area contributed by atoms with E-state index in [0.29, 0.717) is 0 Å². The van der Waals surface area contributed by atoms with E-state index in [0.717, 1.165) is 30.4 Å². The van der Waals surface area contributed by atoms with Crippen LogP contribution in [0.15, 0.2) is 29.3 Å². The van der Waals surface area contributed by atoms with Crippen LogP contribution in [0, 0.1) is 0 Å². The third kappa shape index (κ3) is 5.22. The minimum absolute atomic E-state index is 0. The van der Waals surface area contributed by atoms with Crippen molar-refractivity contribution in [3.63, 3.8) is 0 Å². The Morgan fingerprint density at radius 2 is 2.14 bits per heavy atom. The highest BCUT2D eigenvalue weighted by Gasteiger charge is 2.33. The molecule has 1 aromatic rings. The number of ether oxygens (including phenoxy) is 1. The molecule has 124 valence electrons. The molecule has 1 atom stereocenters. The van der Waals surface area contributed by atoms with Gasteiger partial charge in [0.15, 0.2) is 5.96 Å². The topological polar surface area (TPSA) is 45.7 Å². The van der Waals surface area contributed by atoms with Gasteiger partial charge in [-0.05, 0) is 26.2 Å². The van der Waals surface area contributed by atoms with E-state index in [9.17, 15) is 0 Å². The van der Waals surface area contributed by atoms with Crippen molar-refractivity contribution in [1.29, 1.82) is 0 Å². The van der Waals surface area contributed by atoms with Crippen molar-refractivity contribution < 1.29 is 4.74 Å². The second-order valence-electron chi connectivity index (χ2n) is 5.79. The number of aliphatic imine (C=N–C) groups is 1. The van der Waals surface area contributed by atoms with Crippen molar-refractivity contribution in [2.24, 2.45) is 4.99 Å². The molecule has 1 aliphatic heterocycles. The molecule has 1 aromatic carbocycles. The lowest BCUT2D eigenvalue weighted by Gasteiger charge is -2.38. The number of nitrogens with zero attached hydrogens (tertiary/aromatic N) is 1. The summed E-state index contributed by atoms with van der Waals surface area (Å²) < 4.78 is 6.06. The SMILES string of the molecule is CN=C(NCCSC)NC1CC(C)(C)Oc2ccccc21.I. The zero-order chi connectivity index (χ0) is 15.3. The number of nitrogens with one attached hydrogen (secondary N) is 2. The quantitative estimate of drug-likeness (QED) is 0.329. The van der Waals surface area contributed by atoms with Gasteiger partial charge in [-0.15, -0.1) is 24.0 Å². The van der Waals surface area contributed by atoms with Crippen molar-refractivity contribution in [3.8, 4) is 5.75 Å². The Bertz CT molecular complexity index is 508. The van der Waals surface area contributed by atoms with Gasteiger partial charge in [0.05, 0.1) is 6.04 Å². The lowest BCUT2D eigenvalue weighted by atomic mass is 9.90. The van der Waals surface area contributed by atoms with E-state index in [1.165, 1.54) is 5.56 Å². The van der Waals surface area contributed by atoms with E-state index in [1.54, 1.807) is 0 Å². The number of halogens is 1. The van der Waals surface area contributed by atoms with Crippen molar-refractivity contribution in [3.05, 3.63) is 29.8 Å². The fraction of sp³-hybridized carbons (Fsp3) is 0.562. The fourth-order valence-corrected chi connectivity index (χ4v) is 2.87. The van der Waals surface area contributed by atoms with Gasteiger partial charge in [-0.25, -0.2) is 0 Å². The largest absolute Gasteiger partial charge is 0.487 e. The molecule has 2 N–H and O–H groups in total. The summed E-state index contributed by atoms with van der Waals surface area (Å²) in [5, 5.41) is 6.88. The van der Waals surface area contributed by atoms with Crippen LogP contribution in [0.3, 0.4) is 0 Å². The summed E-state index contributed by atoms with van der Waals surface area (Å²) in [6.45, 7) is 5.16. The summed E-state index contributed by atoms with van der Waals surface area (Å²) in [5.41, 5.74) is 1.02. The first kappa shape index (κ1) is 19.4. The molecular weight excluding hydrogens is 409 g/mol. The van der Waals surface area contributed by atoms with Gasteiger partial charge in [-0.3, -0.25) is 4.99 Å².